The highest BCUT2D eigenvalue weighted by Crippen LogP contribution is 2.19. The van der Waals surface area contributed by atoms with Crippen LogP contribution in [0.1, 0.15) is 43.4 Å². The highest BCUT2D eigenvalue weighted by molar-refractivity contribution is 5.80. The van der Waals surface area contributed by atoms with E-state index in [1.54, 1.807) is 0 Å². The molecule has 0 saturated heterocycles. The summed E-state index contributed by atoms with van der Waals surface area (Å²) >= 11 is 0. The van der Waals surface area contributed by atoms with Crippen LogP contribution in [0.25, 0.3) is 10.9 Å². The van der Waals surface area contributed by atoms with Gasteiger partial charge in [-0.3, -0.25) is 14.5 Å². The second-order valence-corrected chi connectivity index (χ2v) is 7.32. The molecule has 1 aliphatic carbocycles. The number of amides is 1. The fourth-order valence-corrected chi connectivity index (χ4v) is 4.14. The fourth-order valence-electron chi connectivity index (χ4n) is 4.14. The van der Waals surface area contributed by atoms with Crippen LogP contribution in [-0.2, 0) is 17.8 Å². The van der Waals surface area contributed by atoms with E-state index in [4.69, 9.17) is 0 Å². The number of hydrogen-bond donors (Lipinski definition) is 2. The molecular formula is C20H25N3O2. The number of para-hydroxylation sites is 1. The van der Waals surface area contributed by atoms with Crippen molar-refractivity contribution in [2.45, 2.75) is 51.1 Å². The van der Waals surface area contributed by atoms with Gasteiger partial charge in [0.05, 0.1) is 6.54 Å². The predicted octanol–water partition coefficient (Wildman–Crippen LogP) is 2.34. The lowest BCUT2D eigenvalue weighted by Crippen LogP contribution is -2.45. The van der Waals surface area contributed by atoms with Gasteiger partial charge < -0.3 is 10.3 Å². The minimum Gasteiger partial charge on any atom is -0.358 e. The molecule has 1 amide bonds. The molecule has 0 bridgehead atoms. The van der Waals surface area contributed by atoms with Crippen LogP contribution in [0.2, 0.25) is 0 Å². The molecule has 2 aromatic rings. The maximum atomic E-state index is 12.8. The van der Waals surface area contributed by atoms with Gasteiger partial charge in [0, 0.05) is 47.7 Å². The third-order valence-electron chi connectivity index (χ3n) is 5.49. The number of H-pyrrole nitrogens is 1. The van der Waals surface area contributed by atoms with Crippen LogP contribution in [0.15, 0.2) is 29.1 Å². The highest BCUT2D eigenvalue weighted by Gasteiger charge is 2.23. The third kappa shape index (κ3) is 3.47. The molecule has 1 aliphatic heterocycles. The maximum absolute atomic E-state index is 12.8. The van der Waals surface area contributed by atoms with E-state index in [1.807, 2.05) is 24.3 Å². The van der Waals surface area contributed by atoms with E-state index in [0.29, 0.717) is 19.1 Å². The molecule has 5 heteroatoms. The Labute approximate surface area is 147 Å². The van der Waals surface area contributed by atoms with Gasteiger partial charge in [0.1, 0.15) is 0 Å². The number of nitrogens with one attached hydrogen (secondary N) is 2. The third-order valence-corrected chi connectivity index (χ3v) is 5.49. The van der Waals surface area contributed by atoms with Crippen LogP contribution in [0.4, 0.5) is 0 Å². The van der Waals surface area contributed by atoms with Crippen molar-refractivity contribution < 1.29 is 4.79 Å². The van der Waals surface area contributed by atoms with Crippen LogP contribution in [0.3, 0.4) is 0 Å². The first-order valence-corrected chi connectivity index (χ1v) is 9.35. The van der Waals surface area contributed by atoms with E-state index in [0.717, 1.165) is 48.0 Å². The molecule has 0 atom stereocenters. The van der Waals surface area contributed by atoms with Crippen LogP contribution < -0.4 is 10.7 Å². The summed E-state index contributed by atoms with van der Waals surface area (Å²) in [6, 6.07) is 7.98. The Morgan fingerprint density at radius 2 is 2.00 bits per heavy atom. The Bertz CT molecular complexity index is 836. The highest BCUT2D eigenvalue weighted by atomic mass is 16.2. The number of carbonyl (C=O) groups is 1. The Morgan fingerprint density at radius 3 is 2.84 bits per heavy atom. The van der Waals surface area contributed by atoms with Gasteiger partial charge in [-0.15, -0.1) is 0 Å². The van der Waals surface area contributed by atoms with Gasteiger partial charge in [-0.05, 0) is 25.0 Å². The van der Waals surface area contributed by atoms with Gasteiger partial charge in [-0.25, -0.2) is 0 Å². The molecule has 1 aromatic carbocycles. The lowest BCUT2D eigenvalue weighted by atomic mass is 9.95. The number of pyridine rings is 1. The molecule has 0 spiro atoms. The van der Waals surface area contributed by atoms with E-state index >= 15 is 0 Å². The van der Waals surface area contributed by atoms with Crippen LogP contribution in [0, 0.1) is 0 Å². The smallest absolute Gasteiger partial charge is 0.234 e. The summed E-state index contributed by atoms with van der Waals surface area (Å²) in [5.74, 6) is 0.0903. The average Bonchev–Trinajstić information content (AvgIpc) is 2.63. The number of aromatic amines is 1. The van der Waals surface area contributed by atoms with Crippen molar-refractivity contribution in [3.8, 4) is 0 Å². The van der Waals surface area contributed by atoms with E-state index in [-0.39, 0.29) is 11.3 Å². The summed E-state index contributed by atoms with van der Waals surface area (Å²) in [7, 11) is 0. The monoisotopic (exact) mass is 339 g/mol. The zero-order valence-corrected chi connectivity index (χ0v) is 14.5. The number of hydrogen-bond acceptors (Lipinski definition) is 3. The van der Waals surface area contributed by atoms with Crippen molar-refractivity contribution in [1.82, 2.24) is 15.2 Å². The normalized spacial score (nSPS) is 18.9. The molecule has 0 unspecified atom stereocenters. The first-order chi connectivity index (χ1) is 12.2. The zero-order chi connectivity index (χ0) is 17.2. The van der Waals surface area contributed by atoms with Gasteiger partial charge >= 0.3 is 0 Å². The van der Waals surface area contributed by atoms with Gasteiger partial charge in [-0.1, -0.05) is 31.4 Å². The number of aromatic nitrogens is 1. The molecule has 5 nitrogen and oxygen atoms in total. The van der Waals surface area contributed by atoms with Crippen molar-refractivity contribution in [2.75, 3.05) is 13.1 Å². The van der Waals surface area contributed by atoms with Gasteiger partial charge in [0.25, 0.3) is 0 Å². The number of fused-ring (bicyclic) bond motifs is 2. The molecule has 2 heterocycles. The van der Waals surface area contributed by atoms with Crippen LogP contribution >= 0.6 is 0 Å². The maximum Gasteiger partial charge on any atom is 0.234 e. The SMILES string of the molecule is O=C(CN1CCc2[nH]c3ccccc3c(=O)c2C1)NC1CCCCC1. The Hall–Kier alpha value is -2.14. The van der Waals surface area contributed by atoms with Crippen molar-refractivity contribution >= 4 is 16.8 Å². The Kier molecular flexibility index (Phi) is 4.57. The largest absolute Gasteiger partial charge is 0.358 e. The second-order valence-electron chi connectivity index (χ2n) is 7.32. The minimum atomic E-state index is 0.0903. The lowest BCUT2D eigenvalue weighted by Gasteiger charge is -2.29. The molecule has 25 heavy (non-hydrogen) atoms. The number of nitrogens with zero attached hydrogens (tertiary/aromatic N) is 1. The minimum absolute atomic E-state index is 0.0903. The summed E-state index contributed by atoms with van der Waals surface area (Å²) < 4.78 is 0. The van der Waals surface area contributed by atoms with E-state index in [2.05, 4.69) is 15.2 Å². The summed E-state index contributed by atoms with van der Waals surface area (Å²) in [5, 5.41) is 3.90. The Morgan fingerprint density at radius 1 is 1.20 bits per heavy atom. The molecule has 1 saturated carbocycles. The van der Waals surface area contributed by atoms with Crippen LogP contribution in [0.5, 0.6) is 0 Å². The molecule has 1 aromatic heterocycles. The topological polar surface area (TPSA) is 65.2 Å². The number of carbonyl (C=O) groups excluding carboxylic acids is 1. The lowest BCUT2D eigenvalue weighted by molar-refractivity contribution is -0.123. The van der Waals surface area contributed by atoms with Gasteiger partial charge in [-0.2, -0.15) is 0 Å². The predicted molar refractivity (Wildman–Crippen MR) is 98.6 cm³/mol. The first-order valence-electron chi connectivity index (χ1n) is 9.35. The molecular weight excluding hydrogens is 314 g/mol. The fraction of sp³-hybridized carbons (Fsp3) is 0.500. The molecule has 2 aliphatic rings. The second kappa shape index (κ2) is 7.00. The molecule has 1 fully saturated rings. The average molecular weight is 339 g/mol. The van der Waals surface area contributed by atoms with Gasteiger partial charge in [0.2, 0.25) is 5.91 Å². The van der Waals surface area contributed by atoms with E-state index in [1.165, 1.54) is 19.3 Å². The molecule has 132 valence electrons. The standard InChI is InChI=1S/C20H25N3O2/c24-19(21-14-6-2-1-3-7-14)13-23-11-10-18-16(12-23)20(25)15-8-4-5-9-17(15)22-18/h4-5,8-9,14H,1-3,6-7,10-13H2,(H,21,24)(H,22,25). The van der Waals surface area contributed by atoms with Crippen molar-refractivity contribution in [3.05, 3.63) is 45.7 Å². The summed E-state index contributed by atoms with van der Waals surface area (Å²) in [5.41, 5.74) is 2.83. The number of rotatable bonds is 3. The summed E-state index contributed by atoms with van der Waals surface area (Å²) in [6.45, 7) is 1.73. The number of benzene rings is 1. The Balaban J connectivity index is 1.46. The van der Waals surface area contributed by atoms with Gasteiger partial charge in [0.15, 0.2) is 5.43 Å². The molecule has 2 N–H and O–H groups in total. The van der Waals surface area contributed by atoms with E-state index < -0.39 is 0 Å². The van der Waals surface area contributed by atoms with E-state index in [9.17, 15) is 9.59 Å². The van der Waals surface area contributed by atoms with Crippen molar-refractivity contribution in [2.24, 2.45) is 0 Å². The first kappa shape index (κ1) is 16.3. The summed E-state index contributed by atoms with van der Waals surface area (Å²) in [6.07, 6.45) is 6.69. The zero-order valence-electron chi connectivity index (χ0n) is 14.5. The quantitative estimate of drug-likeness (QED) is 0.902. The summed E-state index contributed by atoms with van der Waals surface area (Å²) in [4.78, 5) is 30.6. The van der Waals surface area contributed by atoms with Crippen molar-refractivity contribution in [3.63, 3.8) is 0 Å². The molecule has 4 rings (SSSR count). The van der Waals surface area contributed by atoms with Crippen molar-refractivity contribution in [1.29, 1.82) is 0 Å². The molecule has 0 radical (unpaired) electrons. The van der Waals surface area contributed by atoms with Crippen LogP contribution in [-0.4, -0.2) is 34.9 Å².